The molecule has 2 aromatic rings. The largest absolute Gasteiger partial charge is 0.341 e. The quantitative estimate of drug-likeness (QED) is 0.865. The minimum atomic E-state index is 0.213. The average Bonchev–Trinajstić information content (AvgIpc) is 2.59. The van der Waals surface area contributed by atoms with Crippen LogP contribution in [-0.2, 0) is 4.79 Å². The number of hydrogen-bond donors (Lipinski definition) is 1. The fourth-order valence-corrected chi connectivity index (χ4v) is 4.72. The van der Waals surface area contributed by atoms with E-state index in [-0.39, 0.29) is 5.91 Å². The predicted octanol–water partition coefficient (Wildman–Crippen LogP) is 4.49. The van der Waals surface area contributed by atoms with Crippen LogP contribution in [0.2, 0.25) is 0 Å². The van der Waals surface area contributed by atoms with Gasteiger partial charge >= 0.3 is 0 Å². The topological polar surface area (TPSA) is 44.7 Å². The maximum atomic E-state index is 12.6. The number of anilines is 1. The van der Waals surface area contributed by atoms with Gasteiger partial charge in [-0.1, -0.05) is 49.9 Å². The second kappa shape index (κ2) is 6.71. The molecule has 1 amide bonds. The van der Waals surface area contributed by atoms with E-state index < -0.39 is 0 Å². The zero-order chi connectivity index (χ0) is 17.4. The number of carbonyl (C=O) groups excluding carboxylic acids is 1. The molecule has 0 unspecified atom stereocenters. The summed E-state index contributed by atoms with van der Waals surface area (Å²) in [6.07, 6.45) is 1.21. The van der Waals surface area contributed by atoms with Crippen molar-refractivity contribution in [2.24, 2.45) is 16.8 Å². The van der Waals surface area contributed by atoms with Crippen LogP contribution in [0.1, 0.15) is 20.3 Å². The van der Waals surface area contributed by atoms with Crippen LogP contribution in [0.15, 0.2) is 41.4 Å². The molecule has 2 atom stereocenters. The van der Waals surface area contributed by atoms with Gasteiger partial charge < -0.3 is 10.2 Å². The van der Waals surface area contributed by atoms with Gasteiger partial charge in [0, 0.05) is 18.5 Å². The van der Waals surface area contributed by atoms with Crippen LogP contribution >= 0.6 is 11.8 Å². The van der Waals surface area contributed by atoms with Crippen LogP contribution in [-0.4, -0.2) is 34.8 Å². The van der Waals surface area contributed by atoms with Gasteiger partial charge in [-0.15, -0.1) is 0 Å². The van der Waals surface area contributed by atoms with Gasteiger partial charge in [-0.05, 0) is 35.8 Å². The molecule has 1 saturated heterocycles. The number of benzene rings is 2. The van der Waals surface area contributed by atoms with Gasteiger partial charge in [0.1, 0.15) is 0 Å². The third kappa shape index (κ3) is 3.38. The maximum absolute atomic E-state index is 12.6. The van der Waals surface area contributed by atoms with Crippen molar-refractivity contribution in [2.45, 2.75) is 20.3 Å². The number of piperidine rings is 1. The van der Waals surface area contributed by atoms with Crippen molar-refractivity contribution in [3.8, 4) is 0 Å². The molecule has 4 rings (SSSR count). The highest BCUT2D eigenvalue weighted by molar-refractivity contribution is 8.14. The number of nitrogens with one attached hydrogen (secondary N) is 1. The Morgan fingerprint density at radius 2 is 1.92 bits per heavy atom. The lowest BCUT2D eigenvalue weighted by Gasteiger charge is -2.35. The van der Waals surface area contributed by atoms with Crippen molar-refractivity contribution in [2.75, 3.05) is 24.2 Å². The van der Waals surface area contributed by atoms with E-state index >= 15 is 0 Å². The molecule has 2 aromatic carbocycles. The molecule has 2 aliphatic heterocycles. The highest BCUT2D eigenvalue weighted by Crippen LogP contribution is 2.37. The second-order valence-corrected chi connectivity index (χ2v) is 8.22. The summed E-state index contributed by atoms with van der Waals surface area (Å²) in [5, 5.41) is 6.52. The van der Waals surface area contributed by atoms with Crippen molar-refractivity contribution in [3.63, 3.8) is 0 Å². The van der Waals surface area contributed by atoms with E-state index in [1.165, 1.54) is 23.6 Å². The number of hydrogen-bond acceptors (Lipinski definition) is 4. The summed E-state index contributed by atoms with van der Waals surface area (Å²) in [7, 11) is 0. The summed E-state index contributed by atoms with van der Waals surface area (Å²) in [5.41, 5.74) is 2.04. The third-order valence-electron chi connectivity index (χ3n) is 4.90. The molecule has 0 saturated carbocycles. The van der Waals surface area contributed by atoms with E-state index in [1.54, 1.807) is 0 Å². The summed E-state index contributed by atoms with van der Waals surface area (Å²) in [4.78, 5) is 19.3. The van der Waals surface area contributed by atoms with Gasteiger partial charge in [0.05, 0.1) is 17.1 Å². The Balaban J connectivity index is 1.46. The van der Waals surface area contributed by atoms with Crippen molar-refractivity contribution in [3.05, 3.63) is 36.4 Å². The minimum Gasteiger partial charge on any atom is -0.341 e. The first kappa shape index (κ1) is 16.5. The fraction of sp³-hybridized carbons (Fsp3) is 0.400. The number of amidine groups is 1. The SMILES string of the molecule is C[C@@H]1C[C@@H](C)CN(C(=O)CSC2=Nc3cccc4cccc(c34)N2)C1. The number of amides is 1. The van der Waals surface area contributed by atoms with Gasteiger partial charge in [-0.3, -0.25) is 4.79 Å². The van der Waals surface area contributed by atoms with Crippen molar-refractivity contribution >= 4 is 45.0 Å². The summed E-state index contributed by atoms with van der Waals surface area (Å²) in [5.74, 6) is 1.83. The van der Waals surface area contributed by atoms with Crippen molar-refractivity contribution in [1.29, 1.82) is 0 Å². The second-order valence-electron chi connectivity index (χ2n) is 7.26. The Labute approximate surface area is 152 Å². The van der Waals surface area contributed by atoms with Gasteiger partial charge in [0.25, 0.3) is 0 Å². The zero-order valence-corrected chi connectivity index (χ0v) is 15.5. The molecule has 0 radical (unpaired) electrons. The molecular formula is C20H23N3OS. The van der Waals surface area contributed by atoms with Crippen molar-refractivity contribution in [1.82, 2.24) is 4.90 Å². The monoisotopic (exact) mass is 353 g/mol. The normalized spacial score (nSPS) is 22.5. The molecule has 2 aliphatic rings. The van der Waals surface area contributed by atoms with E-state index in [0.29, 0.717) is 17.6 Å². The third-order valence-corrected chi connectivity index (χ3v) is 5.76. The summed E-state index contributed by atoms with van der Waals surface area (Å²) in [6.45, 7) is 6.22. The molecule has 0 bridgehead atoms. The van der Waals surface area contributed by atoms with Gasteiger partial charge in [-0.25, -0.2) is 4.99 Å². The van der Waals surface area contributed by atoms with E-state index in [1.807, 2.05) is 23.1 Å². The van der Waals surface area contributed by atoms with E-state index in [4.69, 9.17) is 4.99 Å². The first-order valence-corrected chi connectivity index (χ1v) is 9.87. The highest BCUT2D eigenvalue weighted by atomic mass is 32.2. The van der Waals surface area contributed by atoms with Crippen LogP contribution < -0.4 is 5.32 Å². The maximum Gasteiger partial charge on any atom is 0.233 e. The molecule has 2 heterocycles. The summed E-state index contributed by atoms with van der Waals surface area (Å²) < 4.78 is 0. The fourth-order valence-electron chi connectivity index (χ4n) is 3.93. The van der Waals surface area contributed by atoms with Crippen LogP contribution in [0.5, 0.6) is 0 Å². The molecular weight excluding hydrogens is 330 g/mol. The Morgan fingerprint density at radius 1 is 1.20 bits per heavy atom. The number of carbonyl (C=O) groups is 1. The Bertz CT molecular complexity index is 833. The van der Waals surface area contributed by atoms with E-state index in [9.17, 15) is 4.79 Å². The van der Waals surface area contributed by atoms with Gasteiger partial charge in [0.15, 0.2) is 5.17 Å². The first-order valence-electron chi connectivity index (χ1n) is 8.88. The van der Waals surface area contributed by atoms with Crippen molar-refractivity contribution < 1.29 is 4.79 Å². The van der Waals surface area contributed by atoms with Crippen LogP contribution in [0.4, 0.5) is 11.4 Å². The smallest absolute Gasteiger partial charge is 0.233 e. The highest BCUT2D eigenvalue weighted by Gasteiger charge is 2.25. The number of nitrogens with zero attached hydrogens (tertiary/aromatic N) is 2. The molecule has 0 aliphatic carbocycles. The standard InChI is InChI=1S/C20H23N3OS/c1-13-9-14(2)11-23(10-13)18(24)12-25-20-21-16-7-3-5-15-6-4-8-17(22-20)19(15)16/h3-8,13-14H,9-12H2,1-2H3,(H,21,22)/t13-,14-/m1/s1. The molecule has 25 heavy (non-hydrogen) atoms. The molecule has 0 spiro atoms. The molecule has 4 nitrogen and oxygen atoms in total. The molecule has 1 fully saturated rings. The van der Waals surface area contributed by atoms with Crippen LogP contribution in [0.3, 0.4) is 0 Å². The van der Waals surface area contributed by atoms with Crippen LogP contribution in [0, 0.1) is 11.8 Å². The number of rotatable bonds is 2. The van der Waals surface area contributed by atoms with E-state index in [0.717, 1.165) is 35.0 Å². The first-order chi connectivity index (χ1) is 12.1. The predicted molar refractivity (Wildman–Crippen MR) is 107 cm³/mol. The summed E-state index contributed by atoms with van der Waals surface area (Å²) in [6, 6.07) is 12.4. The van der Waals surface area contributed by atoms with Crippen LogP contribution in [0.25, 0.3) is 10.8 Å². The Hall–Kier alpha value is -2.01. The van der Waals surface area contributed by atoms with Gasteiger partial charge in [0.2, 0.25) is 5.91 Å². The Kier molecular flexibility index (Phi) is 4.42. The lowest BCUT2D eigenvalue weighted by Crippen LogP contribution is -2.43. The average molecular weight is 353 g/mol. The zero-order valence-electron chi connectivity index (χ0n) is 14.7. The number of aliphatic imine (C=N–C) groups is 1. The number of thioether (sulfide) groups is 1. The lowest BCUT2D eigenvalue weighted by molar-refractivity contribution is -0.130. The molecule has 1 N–H and O–H groups in total. The molecule has 0 aromatic heterocycles. The minimum absolute atomic E-state index is 0.213. The van der Waals surface area contributed by atoms with Gasteiger partial charge in [-0.2, -0.15) is 0 Å². The number of likely N-dealkylation sites (tertiary alicyclic amines) is 1. The van der Waals surface area contributed by atoms with E-state index in [2.05, 4.69) is 37.4 Å². The lowest BCUT2D eigenvalue weighted by atomic mass is 9.92. The molecule has 130 valence electrons. The Morgan fingerprint density at radius 3 is 2.68 bits per heavy atom. The molecule has 5 heteroatoms. The summed E-state index contributed by atoms with van der Waals surface area (Å²) >= 11 is 1.50.